The molecule has 0 aliphatic carbocycles. The van der Waals surface area contributed by atoms with E-state index in [1.54, 1.807) is 11.1 Å². The number of likely N-dealkylation sites (N-methyl/N-ethyl adjacent to an activating group) is 1. The molecule has 0 fully saturated rings. The molecule has 1 aromatic heterocycles. The largest absolute Gasteiger partial charge is 0.314 e. The topological polar surface area (TPSA) is 33.2 Å². The van der Waals surface area contributed by atoms with Gasteiger partial charge in [-0.05, 0) is 37.6 Å². The standard InChI is InChI=1S/C16H16N2O/c1-16(2)12-8-7-11(13-6-4-5-9-17-13)10-14(12)18(3)15(16)19/h4-10H,1-3H3. The lowest BCUT2D eigenvalue weighted by Gasteiger charge is -2.16. The molecule has 2 heterocycles. The minimum Gasteiger partial charge on any atom is -0.314 e. The number of fused-ring (bicyclic) bond motifs is 1. The van der Waals surface area contributed by atoms with Crippen LogP contribution >= 0.6 is 0 Å². The number of carbonyl (C=O) groups excluding carboxylic acids is 1. The third kappa shape index (κ3) is 1.65. The van der Waals surface area contributed by atoms with Crippen molar-refractivity contribution < 1.29 is 4.79 Å². The van der Waals surface area contributed by atoms with Crippen LogP contribution in [0.3, 0.4) is 0 Å². The summed E-state index contributed by atoms with van der Waals surface area (Å²) >= 11 is 0. The van der Waals surface area contributed by atoms with Gasteiger partial charge in [0, 0.05) is 24.5 Å². The number of hydrogen-bond donors (Lipinski definition) is 0. The SMILES string of the molecule is CN1C(=O)C(C)(C)c2ccc(-c3ccccn3)cc21. The van der Waals surface area contributed by atoms with Gasteiger partial charge in [0.15, 0.2) is 0 Å². The lowest BCUT2D eigenvalue weighted by molar-refractivity contribution is -0.121. The Morgan fingerprint density at radius 2 is 1.95 bits per heavy atom. The molecule has 1 aliphatic rings. The van der Waals surface area contributed by atoms with Crippen LogP contribution in [0.5, 0.6) is 0 Å². The molecule has 0 bridgehead atoms. The van der Waals surface area contributed by atoms with Crippen LogP contribution < -0.4 is 4.90 Å². The molecule has 19 heavy (non-hydrogen) atoms. The van der Waals surface area contributed by atoms with Crippen LogP contribution in [0.15, 0.2) is 42.6 Å². The van der Waals surface area contributed by atoms with Crippen LogP contribution in [-0.2, 0) is 10.2 Å². The Morgan fingerprint density at radius 1 is 1.16 bits per heavy atom. The Bertz CT molecular complexity index is 647. The van der Waals surface area contributed by atoms with Gasteiger partial charge >= 0.3 is 0 Å². The van der Waals surface area contributed by atoms with Gasteiger partial charge in [-0.15, -0.1) is 0 Å². The fourth-order valence-electron chi connectivity index (χ4n) is 2.67. The minimum atomic E-state index is -0.438. The number of benzene rings is 1. The quantitative estimate of drug-likeness (QED) is 0.781. The zero-order chi connectivity index (χ0) is 13.6. The Kier molecular flexibility index (Phi) is 2.45. The van der Waals surface area contributed by atoms with Crippen molar-refractivity contribution in [1.82, 2.24) is 4.98 Å². The van der Waals surface area contributed by atoms with Crippen molar-refractivity contribution in [3.8, 4) is 11.3 Å². The van der Waals surface area contributed by atoms with E-state index in [1.807, 2.05) is 57.3 Å². The summed E-state index contributed by atoms with van der Waals surface area (Å²) in [6.45, 7) is 3.94. The number of aromatic nitrogens is 1. The first kappa shape index (κ1) is 11.9. The molecule has 0 saturated heterocycles. The molecule has 0 unspecified atom stereocenters. The highest BCUT2D eigenvalue weighted by Gasteiger charge is 2.42. The highest BCUT2D eigenvalue weighted by Crippen LogP contribution is 2.42. The maximum absolute atomic E-state index is 12.2. The van der Waals surface area contributed by atoms with Gasteiger partial charge < -0.3 is 4.90 Å². The summed E-state index contributed by atoms with van der Waals surface area (Å²) in [6, 6.07) is 12.0. The van der Waals surface area contributed by atoms with E-state index in [4.69, 9.17) is 0 Å². The number of pyridine rings is 1. The minimum absolute atomic E-state index is 0.140. The van der Waals surface area contributed by atoms with E-state index in [1.165, 1.54) is 0 Å². The third-order valence-corrected chi connectivity index (χ3v) is 3.83. The second kappa shape index (κ2) is 3.92. The molecule has 1 aliphatic heterocycles. The van der Waals surface area contributed by atoms with Crippen LogP contribution in [0.2, 0.25) is 0 Å². The summed E-state index contributed by atoms with van der Waals surface area (Å²) in [5.74, 6) is 0.140. The van der Waals surface area contributed by atoms with Crippen molar-refractivity contribution >= 4 is 11.6 Å². The second-order valence-corrected chi connectivity index (χ2v) is 5.44. The summed E-state index contributed by atoms with van der Waals surface area (Å²) in [5.41, 5.74) is 3.59. The second-order valence-electron chi connectivity index (χ2n) is 5.44. The average Bonchev–Trinajstić information content (AvgIpc) is 2.61. The normalized spacial score (nSPS) is 16.6. The monoisotopic (exact) mass is 252 g/mol. The van der Waals surface area contributed by atoms with E-state index in [-0.39, 0.29) is 5.91 Å². The summed E-state index contributed by atoms with van der Waals surface area (Å²) in [5, 5.41) is 0. The van der Waals surface area contributed by atoms with Crippen molar-refractivity contribution in [3.05, 3.63) is 48.2 Å². The van der Waals surface area contributed by atoms with Gasteiger partial charge in [0.25, 0.3) is 0 Å². The fraction of sp³-hybridized carbons (Fsp3) is 0.250. The molecule has 3 heteroatoms. The molecular formula is C16H16N2O. The van der Waals surface area contributed by atoms with Gasteiger partial charge in [0.05, 0.1) is 11.1 Å². The number of amides is 1. The lowest BCUT2D eigenvalue weighted by atomic mass is 9.85. The summed E-state index contributed by atoms with van der Waals surface area (Å²) in [6.07, 6.45) is 1.78. The first-order chi connectivity index (χ1) is 9.01. The van der Waals surface area contributed by atoms with Gasteiger partial charge in [-0.25, -0.2) is 0 Å². The molecule has 0 radical (unpaired) electrons. The van der Waals surface area contributed by atoms with Crippen LogP contribution in [0.25, 0.3) is 11.3 Å². The molecule has 1 amide bonds. The third-order valence-electron chi connectivity index (χ3n) is 3.83. The number of carbonyl (C=O) groups is 1. The van der Waals surface area contributed by atoms with Crippen LogP contribution in [0.4, 0.5) is 5.69 Å². The van der Waals surface area contributed by atoms with Crippen molar-refractivity contribution in [1.29, 1.82) is 0 Å². The van der Waals surface area contributed by atoms with Crippen LogP contribution in [0, 0.1) is 0 Å². The first-order valence-electron chi connectivity index (χ1n) is 6.36. The molecule has 96 valence electrons. The Labute approximate surface area is 112 Å². The fourth-order valence-corrected chi connectivity index (χ4v) is 2.67. The van der Waals surface area contributed by atoms with Crippen molar-refractivity contribution in [3.63, 3.8) is 0 Å². The Hall–Kier alpha value is -2.16. The average molecular weight is 252 g/mol. The van der Waals surface area contributed by atoms with Gasteiger partial charge in [0.1, 0.15) is 0 Å². The van der Waals surface area contributed by atoms with Gasteiger partial charge in [0.2, 0.25) is 5.91 Å². The summed E-state index contributed by atoms with van der Waals surface area (Å²) in [4.78, 5) is 18.3. The predicted octanol–water partition coefficient (Wildman–Crippen LogP) is 3.00. The smallest absolute Gasteiger partial charge is 0.236 e. The highest BCUT2D eigenvalue weighted by molar-refractivity contribution is 6.07. The number of rotatable bonds is 1. The van der Waals surface area contributed by atoms with E-state index in [9.17, 15) is 4.79 Å². The molecule has 0 N–H and O–H groups in total. The molecule has 3 rings (SSSR count). The molecular weight excluding hydrogens is 236 g/mol. The van der Waals surface area contributed by atoms with Crippen LogP contribution in [0.1, 0.15) is 19.4 Å². The van der Waals surface area contributed by atoms with E-state index in [2.05, 4.69) is 4.98 Å². The number of nitrogens with zero attached hydrogens (tertiary/aromatic N) is 2. The van der Waals surface area contributed by atoms with E-state index >= 15 is 0 Å². The lowest BCUT2D eigenvalue weighted by Crippen LogP contribution is -2.33. The maximum Gasteiger partial charge on any atom is 0.236 e. The molecule has 0 saturated carbocycles. The maximum atomic E-state index is 12.2. The van der Waals surface area contributed by atoms with E-state index in [0.29, 0.717) is 0 Å². The first-order valence-corrected chi connectivity index (χ1v) is 6.36. The Morgan fingerprint density at radius 3 is 2.63 bits per heavy atom. The van der Waals surface area contributed by atoms with Crippen molar-refractivity contribution in [2.45, 2.75) is 19.3 Å². The van der Waals surface area contributed by atoms with Gasteiger partial charge in [-0.3, -0.25) is 9.78 Å². The molecule has 0 spiro atoms. The van der Waals surface area contributed by atoms with Crippen molar-refractivity contribution in [2.24, 2.45) is 0 Å². The molecule has 3 nitrogen and oxygen atoms in total. The van der Waals surface area contributed by atoms with Gasteiger partial charge in [-0.2, -0.15) is 0 Å². The zero-order valence-corrected chi connectivity index (χ0v) is 11.3. The summed E-state index contributed by atoms with van der Waals surface area (Å²) < 4.78 is 0. The molecule has 1 aromatic carbocycles. The number of hydrogen-bond acceptors (Lipinski definition) is 2. The molecule has 2 aromatic rings. The Balaban J connectivity index is 2.15. The number of anilines is 1. The highest BCUT2D eigenvalue weighted by atomic mass is 16.2. The summed E-state index contributed by atoms with van der Waals surface area (Å²) in [7, 11) is 1.83. The van der Waals surface area contributed by atoms with Gasteiger partial charge in [-0.1, -0.05) is 18.2 Å². The van der Waals surface area contributed by atoms with E-state index in [0.717, 1.165) is 22.5 Å². The van der Waals surface area contributed by atoms with E-state index < -0.39 is 5.41 Å². The molecule has 0 atom stereocenters. The zero-order valence-electron chi connectivity index (χ0n) is 11.3. The van der Waals surface area contributed by atoms with Crippen molar-refractivity contribution in [2.75, 3.05) is 11.9 Å². The predicted molar refractivity (Wildman–Crippen MR) is 76.1 cm³/mol. The van der Waals surface area contributed by atoms with Crippen LogP contribution in [-0.4, -0.2) is 17.9 Å².